The smallest absolute Gasteiger partial charge is 0.270 e. The Morgan fingerprint density at radius 2 is 1.52 bits per heavy atom. The second kappa shape index (κ2) is 8.28. The van der Waals surface area contributed by atoms with Gasteiger partial charge in [0.25, 0.3) is 5.91 Å². The first-order valence-electron chi connectivity index (χ1n) is 9.25. The van der Waals surface area contributed by atoms with Gasteiger partial charge in [-0.1, -0.05) is 66.7 Å². The summed E-state index contributed by atoms with van der Waals surface area (Å²) in [7, 11) is 0. The third kappa shape index (κ3) is 4.10. The van der Waals surface area contributed by atoms with E-state index >= 15 is 0 Å². The Bertz CT molecular complexity index is 1170. The van der Waals surface area contributed by atoms with Gasteiger partial charge < -0.3 is 10.1 Å². The average Bonchev–Trinajstić information content (AvgIpc) is 2.78. The lowest BCUT2D eigenvalue weighted by Gasteiger charge is -2.20. The van der Waals surface area contributed by atoms with E-state index in [9.17, 15) is 4.79 Å². The molecule has 0 bridgehead atoms. The molecule has 4 aromatic carbocycles. The summed E-state index contributed by atoms with van der Waals surface area (Å²) in [5.74, 6) is 0.362. The Labute approximate surface area is 169 Å². The van der Waals surface area contributed by atoms with Crippen molar-refractivity contribution in [3.8, 4) is 11.8 Å². The molecule has 140 valence electrons. The van der Waals surface area contributed by atoms with Crippen LogP contribution in [0.3, 0.4) is 0 Å². The Balaban J connectivity index is 1.66. The lowest BCUT2D eigenvalue weighted by atomic mass is 10.1. The maximum Gasteiger partial charge on any atom is 0.270 e. The Hall–Kier alpha value is -4.10. The van der Waals surface area contributed by atoms with Gasteiger partial charge in [-0.3, -0.25) is 4.79 Å². The number of hydrogen-bond donors (Lipinski definition) is 1. The Morgan fingerprint density at radius 1 is 0.828 bits per heavy atom. The molecule has 1 amide bonds. The highest BCUT2D eigenvalue weighted by atomic mass is 16.5. The number of benzene rings is 4. The van der Waals surface area contributed by atoms with Crippen molar-refractivity contribution in [3.05, 3.63) is 108 Å². The fourth-order valence-electron chi connectivity index (χ4n) is 3.16. The van der Waals surface area contributed by atoms with Gasteiger partial charge in [-0.15, -0.1) is 0 Å². The van der Waals surface area contributed by atoms with E-state index in [1.165, 1.54) is 0 Å². The molecule has 0 radical (unpaired) electrons. The molecule has 4 heteroatoms. The quantitative estimate of drug-likeness (QED) is 0.501. The van der Waals surface area contributed by atoms with Gasteiger partial charge in [0.2, 0.25) is 6.10 Å². The average molecular weight is 378 g/mol. The Kier molecular flexibility index (Phi) is 5.22. The van der Waals surface area contributed by atoms with E-state index in [0.29, 0.717) is 17.0 Å². The highest BCUT2D eigenvalue weighted by Crippen LogP contribution is 2.30. The number of ether oxygens (including phenoxy) is 1. The van der Waals surface area contributed by atoms with Crippen LogP contribution in [0.2, 0.25) is 0 Å². The van der Waals surface area contributed by atoms with Gasteiger partial charge in [-0.25, -0.2) is 0 Å². The van der Waals surface area contributed by atoms with Crippen LogP contribution in [0.4, 0.5) is 5.69 Å². The lowest BCUT2D eigenvalue weighted by Crippen LogP contribution is -2.25. The molecule has 4 rings (SSSR count). The number of carbonyl (C=O) groups excluding carboxylic acids is 1. The highest BCUT2D eigenvalue weighted by molar-refractivity contribution is 5.96. The minimum atomic E-state index is -0.822. The molecule has 0 aliphatic carbocycles. The molecule has 0 aliphatic heterocycles. The molecule has 0 aromatic heterocycles. The normalized spacial score (nSPS) is 11.4. The second-order valence-electron chi connectivity index (χ2n) is 6.56. The van der Waals surface area contributed by atoms with E-state index < -0.39 is 6.10 Å². The summed E-state index contributed by atoms with van der Waals surface area (Å²) in [6.45, 7) is 0. The number of nitrogens with zero attached hydrogens (tertiary/aromatic N) is 1. The number of hydrogen-bond acceptors (Lipinski definition) is 3. The van der Waals surface area contributed by atoms with Crippen LogP contribution in [0, 0.1) is 11.3 Å². The topological polar surface area (TPSA) is 62.1 Å². The van der Waals surface area contributed by atoms with Crippen LogP contribution < -0.4 is 10.1 Å². The summed E-state index contributed by atoms with van der Waals surface area (Å²) < 4.78 is 6.23. The van der Waals surface area contributed by atoms with Gasteiger partial charge in [-0.2, -0.15) is 5.26 Å². The summed E-state index contributed by atoms with van der Waals surface area (Å²) in [5.41, 5.74) is 1.90. The van der Waals surface area contributed by atoms with Gasteiger partial charge in [0.05, 0.1) is 11.6 Å². The van der Waals surface area contributed by atoms with Gasteiger partial charge in [-0.05, 0) is 35.7 Å². The maximum absolute atomic E-state index is 13.1. The molecule has 0 spiro atoms. The molecule has 4 nitrogen and oxygen atoms in total. The van der Waals surface area contributed by atoms with Crippen LogP contribution in [0.1, 0.15) is 17.2 Å². The molecule has 0 saturated heterocycles. The zero-order valence-electron chi connectivity index (χ0n) is 15.6. The molecular formula is C25H18N2O2. The van der Waals surface area contributed by atoms with Crippen LogP contribution in [-0.2, 0) is 4.79 Å². The standard InChI is InChI=1S/C25H18N2O2/c26-17-18-13-15-21(16-14-18)27-25(28)24(20-8-2-1-3-9-20)29-23-12-6-10-19-7-4-5-11-22(19)23/h1-16,24H,(H,27,28). The van der Waals surface area contributed by atoms with E-state index in [0.717, 1.165) is 16.3 Å². The number of fused-ring (bicyclic) bond motifs is 1. The summed E-state index contributed by atoms with van der Waals surface area (Å²) in [4.78, 5) is 13.1. The van der Waals surface area contributed by atoms with Crippen LogP contribution in [0.25, 0.3) is 10.8 Å². The number of rotatable bonds is 5. The SMILES string of the molecule is N#Cc1ccc(NC(=O)C(Oc2cccc3ccccc23)c2ccccc2)cc1. The van der Waals surface area contributed by atoms with Crippen molar-refractivity contribution < 1.29 is 9.53 Å². The first-order chi connectivity index (χ1) is 14.2. The van der Waals surface area contributed by atoms with Crippen molar-refractivity contribution in [2.75, 3.05) is 5.32 Å². The lowest BCUT2D eigenvalue weighted by molar-refractivity contribution is -0.123. The van der Waals surface area contributed by atoms with E-state index in [4.69, 9.17) is 10.00 Å². The molecule has 29 heavy (non-hydrogen) atoms. The second-order valence-corrected chi connectivity index (χ2v) is 6.56. The summed E-state index contributed by atoms with van der Waals surface area (Å²) in [5, 5.41) is 13.8. The van der Waals surface area contributed by atoms with Crippen LogP contribution in [0.5, 0.6) is 5.75 Å². The fourth-order valence-corrected chi connectivity index (χ4v) is 3.16. The zero-order chi connectivity index (χ0) is 20.1. The maximum atomic E-state index is 13.1. The van der Waals surface area contributed by atoms with Crippen molar-refractivity contribution in [2.24, 2.45) is 0 Å². The zero-order valence-corrected chi connectivity index (χ0v) is 15.6. The molecule has 4 aromatic rings. The molecule has 0 heterocycles. The van der Waals surface area contributed by atoms with Crippen molar-refractivity contribution in [2.45, 2.75) is 6.10 Å². The molecule has 1 atom stereocenters. The van der Waals surface area contributed by atoms with Gasteiger partial charge in [0, 0.05) is 16.6 Å². The minimum Gasteiger partial charge on any atom is -0.475 e. The third-order valence-corrected chi connectivity index (χ3v) is 4.62. The monoisotopic (exact) mass is 378 g/mol. The third-order valence-electron chi connectivity index (χ3n) is 4.62. The minimum absolute atomic E-state index is 0.283. The number of nitrogens with one attached hydrogen (secondary N) is 1. The predicted octanol–water partition coefficient (Wildman–Crippen LogP) is 5.47. The van der Waals surface area contributed by atoms with E-state index in [1.807, 2.05) is 72.8 Å². The number of amides is 1. The predicted molar refractivity (Wildman–Crippen MR) is 114 cm³/mol. The van der Waals surface area contributed by atoms with Crippen LogP contribution in [-0.4, -0.2) is 5.91 Å². The summed E-state index contributed by atoms with van der Waals surface area (Å²) in [6.07, 6.45) is -0.822. The first-order valence-corrected chi connectivity index (χ1v) is 9.25. The molecule has 0 fully saturated rings. The van der Waals surface area contributed by atoms with Crippen molar-refractivity contribution >= 4 is 22.4 Å². The van der Waals surface area contributed by atoms with Gasteiger partial charge in [0.15, 0.2) is 0 Å². The van der Waals surface area contributed by atoms with Crippen LogP contribution in [0.15, 0.2) is 97.1 Å². The van der Waals surface area contributed by atoms with Crippen LogP contribution >= 0.6 is 0 Å². The van der Waals surface area contributed by atoms with Crippen molar-refractivity contribution in [1.29, 1.82) is 5.26 Å². The number of anilines is 1. The summed E-state index contributed by atoms with van der Waals surface area (Å²) >= 11 is 0. The number of nitriles is 1. The molecular weight excluding hydrogens is 360 g/mol. The fraction of sp³-hybridized carbons (Fsp3) is 0.0400. The largest absolute Gasteiger partial charge is 0.475 e. The molecule has 0 aliphatic rings. The highest BCUT2D eigenvalue weighted by Gasteiger charge is 2.23. The van der Waals surface area contributed by atoms with E-state index in [2.05, 4.69) is 11.4 Å². The van der Waals surface area contributed by atoms with Crippen molar-refractivity contribution in [3.63, 3.8) is 0 Å². The number of carbonyl (C=O) groups is 1. The molecule has 0 saturated carbocycles. The van der Waals surface area contributed by atoms with E-state index in [-0.39, 0.29) is 5.91 Å². The van der Waals surface area contributed by atoms with Gasteiger partial charge in [0.1, 0.15) is 5.75 Å². The molecule has 1 N–H and O–H groups in total. The summed E-state index contributed by atoms with van der Waals surface area (Å²) in [6, 6.07) is 31.9. The van der Waals surface area contributed by atoms with Crippen molar-refractivity contribution in [1.82, 2.24) is 0 Å². The molecule has 1 unspecified atom stereocenters. The first kappa shape index (κ1) is 18.3. The van der Waals surface area contributed by atoms with E-state index in [1.54, 1.807) is 24.3 Å². The Morgan fingerprint density at radius 3 is 2.28 bits per heavy atom. The van der Waals surface area contributed by atoms with Gasteiger partial charge >= 0.3 is 0 Å².